The summed E-state index contributed by atoms with van der Waals surface area (Å²) in [6.07, 6.45) is 6.47. The van der Waals surface area contributed by atoms with Crippen molar-refractivity contribution in [3.63, 3.8) is 0 Å². The van der Waals surface area contributed by atoms with Gasteiger partial charge in [-0.2, -0.15) is 5.10 Å². The lowest BCUT2D eigenvalue weighted by Crippen LogP contribution is -2.53. The summed E-state index contributed by atoms with van der Waals surface area (Å²) in [7, 11) is 3.82. The van der Waals surface area contributed by atoms with Crippen LogP contribution in [0, 0.1) is 5.92 Å². The first kappa shape index (κ1) is 15.5. The van der Waals surface area contributed by atoms with Gasteiger partial charge in [-0.15, -0.1) is 0 Å². The molecule has 1 saturated carbocycles. The van der Waals surface area contributed by atoms with Crippen LogP contribution in [0.25, 0.3) is 0 Å². The molecule has 1 aliphatic rings. The highest BCUT2D eigenvalue weighted by Crippen LogP contribution is 2.37. The Morgan fingerprint density at radius 1 is 1.60 bits per heavy atom. The number of ether oxygens (including phenoxy) is 1. The van der Waals surface area contributed by atoms with Crippen LogP contribution in [-0.4, -0.2) is 28.5 Å². The summed E-state index contributed by atoms with van der Waals surface area (Å²) in [6, 6.07) is 2.21. The molecule has 1 aromatic rings. The maximum atomic E-state index is 6.54. The third-order valence-corrected chi connectivity index (χ3v) is 4.89. The molecule has 1 aliphatic carbocycles. The van der Waals surface area contributed by atoms with Gasteiger partial charge in [-0.3, -0.25) is 4.68 Å². The minimum absolute atomic E-state index is 0.0374. The maximum absolute atomic E-state index is 6.54. The largest absolute Gasteiger partial charge is 0.377 e. The Hall–Kier alpha value is -0.870. The molecule has 0 aromatic carbocycles. The highest BCUT2D eigenvalue weighted by atomic mass is 16.5. The van der Waals surface area contributed by atoms with Crippen LogP contribution in [0.3, 0.4) is 0 Å². The van der Waals surface area contributed by atoms with E-state index >= 15 is 0 Å². The molecule has 0 saturated heterocycles. The Kier molecular flexibility index (Phi) is 4.86. The van der Waals surface area contributed by atoms with Gasteiger partial charge in [0.1, 0.15) is 0 Å². The van der Waals surface area contributed by atoms with Crippen molar-refractivity contribution >= 4 is 0 Å². The zero-order chi connectivity index (χ0) is 14.8. The fraction of sp³-hybridized carbons (Fsp3) is 0.812. The lowest BCUT2D eigenvalue weighted by molar-refractivity contribution is -0.0708. The van der Waals surface area contributed by atoms with Gasteiger partial charge < -0.3 is 10.5 Å². The van der Waals surface area contributed by atoms with Gasteiger partial charge in [-0.05, 0) is 31.2 Å². The molecule has 2 N–H and O–H groups in total. The summed E-state index contributed by atoms with van der Waals surface area (Å²) in [6.45, 7) is 4.43. The van der Waals surface area contributed by atoms with Crippen LogP contribution in [-0.2, 0) is 24.6 Å². The van der Waals surface area contributed by atoms with Crippen molar-refractivity contribution in [2.24, 2.45) is 18.7 Å². The molecule has 3 unspecified atom stereocenters. The number of hydrogen-bond acceptors (Lipinski definition) is 3. The molecule has 0 aliphatic heterocycles. The molecule has 0 radical (unpaired) electrons. The standard InChI is InChI=1S/C16H29N3O/c1-5-13-9-14(19(3)18-13)10-15(17)16(20-4)8-6-7-12(2)11-16/h9,12,15H,5-8,10-11,17H2,1-4H3. The van der Waals surface area contributed by atoms with E-state index in [1.807, 2.05) is 18.8 Å². The van der Waals surface area contributed by atoms with E-state index in [-0.39, 0.29) is 11.6 Å². The molecule has 1 fully saturated rings. The van der Waals surface area contributed by atoms with Gasteiger partial charge in [0.2, 0.25) is 0 Å². The van der Waals surface area contributed by atoms with Gasteiger partial charge in [-0.25, -0.2) is 0 Å². The first-order valence-corrected chi connectivity index (χ1v) is 7.83. The third kappa shape index (κ3) is 3.07. The Labute approximate surface area is 122 Å². The normalized spacial score (nSPS) is 28.6. The number of methoxy groups -OCH3 is 1. The minimum Gasteiger partial charge on any atom is -0.377 e. The van der Waals surface area contributed by atoms with Gasteiger partial charge in [0.25, 0.3) is 0 Å². The summed E-state index contributed by atoms with van der Waals surface area (Å²) in [5, 5.41) is 4.51. The molecule has 20 heavy (non-hydrogen) atoms. The van der Waals surface area contributed by atoms with Crippen LogP contribution in [0.2, 0.25) is 0 Å². The van der Waals surface area contributed by atoms with Gasteiger partial charge in [0.05, 0.1) is 11.3 Å². The predicted octanol–water partition coefficient (Wildman–Crippen LogP) is 2.45. The second-order valence-corrected chi connectivity index (χ2v) is 6.39. The van der Waals surface area contributed by atoms with E-state index in [4.69, 9.17) is 10.5 Å². The molecule has 0 bridgehead atoms. The fourth-order valence-corrected chi connectivity index (χ4v) is 3.56. The molecule has 114 valence electrons. The van der Waals surface area contributed by atoms with E-state index < -0.39 is 0 Å². The van der Waals surface area contributed by atoms with Gasteiger partial charge in [0.15, 0.2) is 0 Å². The fourth-order valence-electron chi connectivity index (χ4n) is 3.56. The topological polar surface area (TPSA) is 53.1 Å². The number of nitrogens with zero attached hydrogens (tertiary/aromatic N) is 2. The molecule has 4 nitrogen and oxygen atoms in total. The number of nitrogens with two attached hydrogens (primary N) is 1. The number of rotatable bonds is 5. The molecule has 3 atom stereocenters. The minimum atomic E-state index is -0.158. The zero-order valence-corrected chi connectivity index (χ0v) is 13.4. The smallest absolute Gasteiger partial charge is 0.0835 e. The molecular weight excluding hydrogens is 250 g/mol. The molecule has 0 spiro atoms. The second kappa shape index (κ2) is 6.27. The average Bonchev–Trinajstić information content (AvgIpc) is 2.79. The molecular formula is C16H29N3O. The van der Waals surface area contributed by atoms with Crippen molar-refractivity contribution in [3.8, 4) is 0 Å². The van der Waals surface area contributed by atoms with E-state index in [0.717, 1.165) is 31.4 Å². The third-order valence-electron chi connectivity index (χ3n) is 4.89. The SMILES string of the molecule is CCc1cc(CC(N)C2(OC)CCCC(C)C2)n(C)n1. The lowest BCUT2D eigenvalue weighted by atomic mass is 9.73. The Morgan fingerprint density at radius 3 is 2.90 bits per heavy atom. The summed E-state index contributed by atoms with van der Waals surface area (Å²) in [4.78, 5) is 0. The maximum Gasteiger partial charge on any atom is 0.0835 e. The summed E-state index contributed by atoms with van der Waals surface area (Å²) in [5.41, 5.74) is 8.73. The molecule has 4 heteroatoms. The van der Waals surface area contributed by atoms with Crippen LogP contribution in [0.5, 0.6) is 0 Å². The Morgan fingerprint density at radius 2 is 2.35 bits per heavy atom. The lowest BCUT2D eigenvalue weighted by Gasteiger charge is -2.43. The number of aromatic nitrogens is 2. The van der Waals surface area contributed by atoms with E-state index in [1.165, 1.54) is 18.5 Å². The summed E-state index contributed by atoms with van der Waals surface area (Å²) >= 11 is 0. The number of aryl methyl sites for hydroxylation is 2. The van der Waals surface area contributed by atoms with Crippen LogP contribution in [0.4, 0.5) is 0 Å². The van der Waals surface area contributed by atoms with Crippen LogP contribution >= 0.6 is 0 Å². The first-order valence-electron chi connectivity index (χ1n) is 7.83. The van der Waals surface area contributed by atoms with Gasteiger partial charge in [0, 0.05) is 32.3 Å². The van der Waals surface area contributed by atoms with Crippen LogP contribution in [0.15, 0.2) is 6.07 Å². The average molecular weight is 279 g/mol. The summed E-state index contributed by atoms with van der Waals surface area (Å²) in [5.74, 6) is 0.701. The zero-order valence-electron chi connectivity index (χ0n) is 13.4. The van der Waals surface area contributed by atoms with E-state index in [2.05, 4.69) is 25.0 Å². The highest BCUT2D eigenvalue weighted by molar-refractivity contribution is 5.13. The van der Waals surface area contributed by atoms with Crippen molar-refractivity contribution in [2.75, 3.05) is 7.11 Å². The van der Waals surface area contributed by atoms with E-state index in [1.54, 1.807) is 0 Å². The van der Waals surface area contributed by atoms with Crippen molar-refractivity contribution in [3.05, 3.63) is 17.5 Å². The van der Waals surface area contributed by atoms with Crippen LogP contribution < -0.4 is 5.73 Å². The summed E-state index contributed by atoms with van der Waals surface area (Å²) < 4.78 is 7.87. The number of hydrogen-bond donors (Lipinski definition) is 1. The van der Waals surface area contributed by atoms with E-state index in [0.29, 0.717) is 5.92 Å². The Balaban J connectivity index is 2.12. The molecule has 2 rings (SSSR count). The van der Waals surface area contributed by atoms with Crippen molar-refractivity contribution < 1.29 is 4.74 Å². The predicted molar refractivity (Wildman–Crippen MR) is 81.6 cm³/mol. The van der Waals surface area contributed by atoms with Crippen molar-refractivity contribution in [1.82, 2.24) is 9.78 Å². The second-order valence-electron chi connectivity index (χ2n) is 6.39. The monoisotopic (exact) mass is 279 g/mol. The first-order chi connectivity index (χ1) is 9.50. The highest BCUT2D eigenvalue weighted by Gasteiger charge is 2.40. The van der Waals surface area contributed by atoms with Crippen molar-refractivity contribution in [1.29, 1.82) is 0 Å². The van der Waals surface area contributed by atoms with Crippen molar-refractivity contribution in [2.45, 2.75) is 64.0 Å². The molecule has 0 amide bonds. The molecule has 1 heterocycles. The quantitative estimate of drug-likeness (QED) is 0.900. The van der Waals surface area contributed by atoms with E-state index in [9.17, 15) is 0 Å². The van der Waals surface area contributed by atoms with Gasteiger partial charge >= 0.3 is 0 Å². The molecule has 1 aromatic heterocycles. The Bertz CT molecular complexity index is 443. The van der Waals surface area contributed by atoms with Gasteiger partial charge in [-0.1, -0.05) is 26.7 Å². The van der Waals surface area contributed by atoms with Crippen LogP contribution in [0.1, 0.15) is 50.9 Å².